The second kappa shape index (κ2) is 3.67. The zero-order valence-electron chi connectivity index (χ0n) is 6.96. The van der Waals surface area contributed by atoms with Crippen LogP contribution in [0.3, 0.4) is 0 Å². The van der Waals surface area contributed by atoms with Gasteiger partial charge in [-0.05, 0) is 29.8 Å². The molecule has 0 aliphatic rings. The van der Waals surface area contributed by atoms with Crippen LogP contribution in [0.5, 0.6) is 0 Å². The van der Waals surface area contributed by atoms with Crippen LogP contribution in [0.25, 0.3) is 0 Å². The first-order valence-electron chi connectivity index (χ1n) is 4.04. The van der Waals surface area contributed by atoms with Crippen molar-refractivity contribution in [1.29, 1.82) is 0 Å². The lowest BCUT2D eigenvalue weighted by atomic mass is 10.1. The number of hydrogen-bond acceptors (Lipinski definition) is 1. The normalized spacial score (nSPS) is 10.2. The molecule has 0 saturated carbocycles. The molecule has 1 nitrogen and oxygen atoms in total. The summed E-state index contributed by atoms with van der Waals surface area (Å²) < 4.78 is 5.11. The molecule has 0 amide bonds. The standard InChI is InChI=1S/C11H8ClO/c12-10-5-3-9(4-6-10)8-11-2-1-7-13-11/h1-6H,8H2. The number of furan rings is 1. The highest BCUT2D eigenvalue weighted by atomic mass is 35.5. The molecular formula is C11H8ClO. The van der Waals surface area contributed by atoms with Gasteiger partial charge in [0.05, 0.1) is 0 Å². The molecule has 2 heteroatoms. The third-order valence-corrected chi connectivity index (χ3v) is 2.07. The Morgan fingerprint density at radius 2 is 1.92 bits per heavy atom. The number of hydrogen-bond donors (Lipinski definition) is 0. The van der Waals surface area contributed by atoms with Crippen LogP contribution in [0.1, 0.15) is 11.3 Å². The SMILES string of the molecule is Clc1ccc(Cc2cc[c]o2)cc1. The molecule has 13 heavy (non-hydrogen) atoms. The van der Waals surface area contributed by atoms with E-state index in [0.29, 0.717) is 0 Å². The van der Waals surface area contributed by atoms with Gasteiger partial charge in [0.2, 0.25) is 0 Å². The fourth-order valence-corrected chi connectivity index (χ4v) is 1.30. The number of benzene rings is 1. The predicted molar refractivity (Wildman–Crippen MR) is 51.8 cm³/mol. The third-order valence-electron chi connectivity index (χ3n) is 1.82. The monoisotopic (exact) mass is 191 g/mol. The van der Waals surface area contributed by atoms with Gasteiger partial charge < -0.3 is 4.42 Å². The van der Waals surface area contributed by atoms with Gasteiger partial charge in [-0.3, -0.25) is 0 Å². The van der Waals surface area contributed by atoms with E-state index in [0.717, 1.165) is 17.2 Å². The van der Waals surface area contributed by atoms with Crippen molar-refractivity contribution in [3.63, 3.8) is 0 Å². The zero-order chi connectivity index (χ0) is 9.10. The van der Waals surface area contributed by atoms with E-state index < -0.39 is 0 Å². The Labute approximate surface area is 82.0 Å². The molecule has 1 heterocycles. The Morgan fingerprint density at radius 3 is 2.54 bits per heavy atom. The highest BCUT2D eigenvalue weighted by Crippen LogP contribution is 2.13. The van der Waals surface area contributed by atoms with Crippen LogP contribution < -0.4 is 0 Å². The fourth-order valence-electron chi connectivity index (χ4n) is 1.17. The molecule has 2 aromatic rings. The van der Waals surface area contributed by atoms with Crippen LogP contribution in [0.4, 0.5) is 0 Å². The van der Waals surface area contributed by atoms with E-state index >= 15 is 0 Å². The van der Waals surface area contributed by atoms with Gasteiger partial charge in [-0.2, -0.15) is 0 Å². The van der Waals surface area contributed by atoms with Crippen molar-refractivity contribution in [3.8, 4) is 0 Å². The van der Waals surface area contributed by atoms with E-state index in [-0.39, 0.29) is 0 Å². The maximum Gasteiger partial charge on any atom is 0.169 e. The molecular weight excluding hydrogens is 184 g/mol. The molecule has 0 bridgehead atoms. The van der Waals surface area contributed by atoms with Gasteiger partial charge in [-0.1, -0.05) is 23.7 Å². The lowest BCUT2D eigenvalue weighted by Gasteiger charge is -1.97. The summed E-state index contributed by atoms with van der Waals surface area (Å²) in [7, 11) is 0. The zero-order valence-corrected chi connectivity index (χ0v) is 7.71. The summed E-state index contributed by atoms with van der Waals surface area (Å²) in [6.07, 6.45) is 3.45. The quantitative estimate of drug-likeness (QED) is 0.710. The molecule has 0 saturated heterocycles. The van der Waals surface area contributed by atoms with Gasteiger partial charge >= 0.3 is 0 Å². The lowest BCUT2D eigenvalue weighted by molar-refractivity contribution is 0.513. The van der Waals surface area contributed by atoms with Crippen molar-refractivity contribution in [2.75, 3.05) is 0 Å². The second-order valence-electron chi connectivity index (χ2n) is 2.82. The summed E-state index contributed by atoms with van der Waals surface area (Å²) in [6, 6.07) is 11.4. The smallest absolute Gasteiger partial charge is 0.169 e. The maximum atomic E-state index is 5.76. The topological polar surface area (TPSA) is 13.1 Å². The van der Waals surface area contributed by atoms with Gasteiger partial charge in [0.1, 0.15) is 5.76 Å². The van der Waals surface area contributed by atoms with Crippen LogP contribution in [-0.2, 0) is 6.42 Å². The van der Waals surface area contributed by atoms with E-state index in [4.69, 9.17) is 16.0 Å². The molecule has 1 aromatic heterocycles. The first-order chi connectivity index (χ1) is 6.34. The van der Waals surface area contributed by atoms with Crippen LogP contribution in [-0.4, -0.2) is 0 Å². The summed E-state index contributed by atoms with van der Waals surface area (Å²) in [5.74, 6) is 0.919. The second-order valence-corrected chi connectivity index (χ2v) is 3.26. The first kappa shape index (κ1) is 8.39. The minimum Gasteiger partial charge on any atom is -0.457 e. The Balaban J connectivity index is 2.15. The molecule has 65 valence electrons. The summed E-state index contributed by atoms with van der Waals surface area (Å²) in [6.45, 7) is 0. The molecule has 0 aliphatic carbocycles. The molecule has 0 spiro atoms. The van der Waals surface area contributed by atoms with Crippen molar-refractivity contribution in [1.82, 2.24) is 0 Å². The van der Waals surface area contributed by atoms with Crippen LogP contribution in [0.15, 0.2) is 40.8 Å². The van der Waals surface area contributed by atoms with Gasteiger partial charge in [0.25, 0.3) is 0 Å². The largest absolute Gasteiger partial charge is 0.457 e. The van der Waals surface area contributed by atoms with E-state index in [1.165, 1.54) is 5.56 Å². The van der Waals surface area contributed by atoms with Gasteiger partial charge in [-0.15, -0.1) is 0 Å². The third kappa shape index (κ3) is 2.13. The Hall–Kier alpha value is -1.21. The van der Waals surface area contributed by atoms with Crippen molar-refractivity contribution in [3.05, 3.63) is 59.0 Å². The Kier molecular flexibility index (Phi) is 2.37. The summed E-state index contributed by atoms with van der Waals surface area (Å²) in [5.41, 5.74) is 1.19. The Morgan fingerprint density at radius 1 is 1.15 bits per heavy atom. The first-order valence-corrected chi connectivity index (χ1v) is 4.41. The highest BCUT2D eigenvalue weighted by molar-refractivity contribution is 6.30. The van der Waals surface area contributed by atoms with Crippen LogP contribution >= 0.6 is 11.6 Å². The lowest BCUT2D eigenvalue weighted by Crippen LogP contribution is -1.83. The molecule has 0 aliphatic heterocycles. The molecule has 0 N–H and O–H groups in total. The minimum absolute atomic E-state index is 0.759. The number of rotatable bonds is 2. The summed E-state index contributed by atoms with van der Waals surface area (Å²) >= 11 is 5.76. The van der Waals surface area contributed by atoms with E-state index in [9.17, 15) is 0 Å². The fraction of sp³-hybridized carbons (Fsp3) is 0.0909. The van der Waals surface area contributed by atoms with Gasteiger partial charge in [0.15, 0.2) is 6.26 Å². The van der Waals surface area contributed by atoms with Crippen LogP contribution in [0, 0.1) is 6.26 Å². The van der Waals surface area contributed by atoms with Gasteiger partial charge in [-0.25, -0.2) is 0 Å². The van der Waals surface area contributed by atoms with E-state index in [1.807, 2.05) is 30.3 Å². The van der Waals surface area contributed by atoms with Crippen molar-refractivity contribution in [2.24, 2.45) is 0 Å². The molecule has 2 rings (SSSR count). The summed E-state index contributed by atoms with van der Waals surface area (Å²) in [4.78, 5) is 0. The maximum absolute atomic E-state index is 5.76. The summed E-state index contributed by atoms with van der Waals surface area (Å²) in [5, 5.41) is 0.759. The van der Waals surface area contributed by atoms with Gasteiger partial charge in [0, 0.05) is 11.4 Å². The van der Waals surface area contributed by atoms with Crippen molar-refractivity contribution < 1.29 is 4.42 Å². The predicted octanol–water partition coefficient (Wildman–Crippen LogP) is 3.32. The van der Waals surface area contributed by atoms with Crippen molar-refractivity contribution in [2.45, 2.75) is 6.42 Å². The molecule has 1 radical (unpaired) electrons. The van der Waals surface area contributed by atoms with Crippen LogP contribution in [0.2, 0.25) is 5.02 Å². The molecule has 1 aromatic carbocycles. The molecule has 0 atom stereocenters. The molecule has 0 fully saturated rings. The van der Waals surface area contributed by atoms with Crippen molar-refractivity contribution >= 4 is 11.6 Å². The molecule has 0 unspecified atom stereocenters. The highest BCUT2D eigenvalue weighted by Gasteiger charge is 1.98. The van der Waals surface area contributed by atoms with E-state index in [1.54, 1.807) is 6.07 Å². The van der Waals surface area contributed by atoms with E-state index in [2.05, 4.69) is 6.26 Å². The minimum atomic E-state index is 0.759. The number of halogens is 1. The average molecular weight is 192 g/mol. The Bertz CT molecular complexity index is 361. The average Bonchev–Trinajstić information content (AvgIpc) is 2.62.